The van der Waals surface area contributed by atoms with E-state index in [1.54, 1.807) is 0 Å². The quantitative estimate of drug-likeness (QED) is 0.776. The summed E-state index contributed by atoms with van der Waals surface area (Å²) in [4.78, 5) is 10.9. The Morgan fingerprint density at radius 2 is 1.93 bits per heavy atom. The number of aromatic carboxylic acids is 1. The maximum Gasteiger partial charge on any atom is 0.339 e. The fourth-order valence-corrected chi connectivity index (χ4v) is 1.93. The molecule has 0 saturated heterocycles. The van der Waals surface area contributed by atoms with Crippen LogP contribution in [0.2, 0.25) is 19.6 Å². The van der Waals surface area contributed by atoms with Crippen molar-refractivity contribution in [3.05, 3.63) is 23.8 Å². The molecular formula is C10H14O4Si. The molecule has 1 rings (SSSR count). The number of phenols is 1. The monoisotopic (exact) mass is 226 g/mol. The number of hydrogen-bond donors (Lipinski definition) is 2. The standard InChI is InChI=1S/C10H14O4Si/c1-15(2,3)14-9-6-7(11)4-5-8(9)10(12)13/h4-6,11H,1-3H3,(H,12,13). The summed E-state index contributed by atoms with van der Waals surface area (Å²) in [5, 5.41) is 18.2. The van der Waals surface area contributed by atoms with Gasteiger partial charge >= 0.3 is 5.97 Å². The maximum atomic E-state index is 10.9. The lowest BCUT2D eigenvalue weighted by atomic mass is 10.2. The number of carboxylic acids is 1. The van der Waals surface area contributed by atoms with Crippen molar-refractivity contribution in [3.8, 4) is 11.5 Å². The third-order valence-corrected chi connectivity index (χ3v) is 2.44. The van der Waals surface area contributed by atoms with E-state index < -0.39 is 14.3 Å². The molecule has 0 aliphatic carbocycles. The first-order valence-electron chi connectivity index (χ1n) is 4.55. The van der Waals surface area contributed by atoms with Gasteiger partial charge in [0, 0.05) is 6.07 Å². The fourth-order valence-electron chi connectivity index (χ4n) is 1.10. The molecule has 1 aromatic rings. The number of aromatic hydroxyl groups is 1. The van der Waals surface area contributed by atoms with E-state index in [0.29, 0.717) is 0 Å². The van der Waals surface area contributed by atoms with Crippen molar-refractivity contribution in [2.24, 2.45) is 0 Å². The Bertz CT molecular complexity index is 381. The molecule has 82 valence electrons. The van der Waals surface area contributed by atoms with E-state index in [1.165, 1.54) is 18.2 Å². The number of carbonyl (C=O) groups is 1. The molecule has 4 nitrogen and oxygen atoms in total. The smallest absolute Gasteiger partial charge is 0.339 e. The van der Waals surface area contributed by atoms with Crippen LogP contribution in [0.25, 0.3) is 0 Å². The molecule has 1 aromatic carbocycles. The molecule has 15 heavy (non-hydrogen) atoms. The topological polar surface area (TPSA) is 66.8 Å². The summed E-state index contributed by atoms with van der Waals surface area (Å²) in [6, 6.07) is 4.01. The average Bonchev–Trinajstić information content (AvgIpc) is 1.99. The van der Waals surface area contributed by atoms with Crippen LogP contribution in [0.1, 0.15) is 10.4 Å². The van der Waals surface area contributed by atoms with Crippen molar-refractivity contribution in [2.75, 3.05) is 0 Å². The van der Waals surface area contributed by atoms with Crippen LogP contribution in [0.15, 0.2) is 18.2 Å². The van der Waals surface area contributed by atoms with Crippen molar-refractivity contribution >= 4 is 14.3 Å². The van der Waals surface area contributed by atoms with Gasteiger partial charge in [-0.25, -0.2) is 4.79 Å². The van der Waals surface area contributed by atoms with Crippen molar-refractivity contribution in [1.82, 2.24) is 0 Å². The third-order valence-electron chi connectivity index (χ3n) is 1.61. The van der Waals surface area contributed by atoms with Gasteiger partial charge in [0.2, 0.25) is 8.32 Å². The first-order chi connectivity index (χ1) is 6.79. The van der Waals surface area contributed by atoms with E-state index >= 15 is 0 Å². The second-order valence-electron chi connectivity index (χ2n) is 4.20. The molecule has 0 aliphatic rings. The Morgan fingerprint density at radius 1 is 1.33 bits per heavy atom. The zero-order valence-electron chi connectivity index (χ0n) is 8.94. The van der Waals surface area contributed by atoms with Crippen molar-refractivity contribution in [3.63, 3.8) is 0 Å². The first kappa shape index (κ1) is 11.6. The molecule has 2 N–H and O–H groups in total. The van der Waals surface area contributed by atoms with Gasteiger partial charge in [0.25, 0.3) is 0 Å². The van der Waals surface area contributed by atoms with E-state index in [2.05, 4.69) is 0 Å². The summed E-state index contributed by atoms with van der Waals surface area (Å²) in [7, 11) is -1.87. The second kappa shape index (κ2) is 3.94. The van der Waals surface area contributed by atoms with Crippen molar-refractivity contribution < 1.29 is 19.4 Å². The molecule has 0 bridgehead atoms. The van der Waals surface area contributed by atoms with Crippen LogP contribution < -0.4 is 4.43 Å². The molecule has 0 aromatic heterocycles. The van der Waals surface area contributed by atoms with E-state index in [-0.39, 0.29) is 17.1 Å². The van der Waals surface area contributed by atoms with Gasteiger partial charge in [0.05, 0.1) is 0 Å². The van der Waals surface area contributed by atoms with Gasteiger partial charge in [-0.15, -0.1) is 0 Å². The van der Waals surface area contributed by atoms with Crippen molar-refractivity contribution in [2.45, 2.75) is 19.6 Å². The van der Waals surface area contributed by atoms with E-state index in [0.717, 1.165) is 0 Å². The van der Waals surface area contributed by atoms with E-state index in [4.69, 9.17) is 9.53 Å². The zero-order chi connectivity index (χ0) is 11.6. The Kier molecular flexibility index (Phi) is 3.04. The molecule has 0 heterocycles. The molecule has 0 radical (unpaired) electrons. The SMILES string of the molecule is C[Si](C)(C)Oc1cc(O)ccc1C(=O)O. The molecular weight excluding hydrogens is 212 g/mol. The number of rotatable bonds is 3. The second-order valence-corrected chi connectivity index (χ2v) is 8.63. The molecule has 0 atom stereocenters. The molecule has 0 unspecified atom stereocenters. The zero-order valence-corrected chi connectivity index (χ0v) is 9.94. The first-order valence-corrected chi connectivity index (χ1v) is 7.96. The Labute approximate surface area is 89.3 Å². The van der Waals surface area contributed by atoms with Crippen LogP contribution in [0, 0.1) is 0 Å². The predicted molar refractivity (Wildman–Crippen MR) is 59.0 cm³/mol. The van der Waals surface area contributed by atoms with Crippen molar-refractivity contribution in [1.29, 1.82) is 0 Å². The lowest BCUT2D eigenvalue weighted by molar-refractivity contribution is 0.0695. The lowest BCUT2D eigenvalue weighted by Crippen LogP contribution is -2.30. The van der Waals surface area contributed by atoms with Crippen LogP contribution in [-0.4, -0.2) is 24.5 Å². The minimum Gasteiger partial charge on any atom is -0.544 e. The molecule has 0 saturated carbocycles. The van der Waals surface area contributed by atoms with E-state index in [9.17, 15) is 9.90 Å². The van der Waals surface area contributed by atoms with E-state index in [1.807, 2.05) is 19.6 Å². The van der Waals surface area contributed by atoms with Crippen LogP contribution in [-0.2, 0) is 0 Å². The largest absolute Gasteiger partial charge is 0.544 e. The van der Waals surface area contributed by atoms with Gasteiger partial charge in [0.1, 0.15) is 17.1 Å². The van der Waals surface area contributed by atoms with Crippen LogP contribution in [0.5, 0.6) is 11.5 Å². The summed E-state index contributed by atoms with van der Waals surface area (Å²) in [6.45, 7) is 5.84. The van der Waals surface area contributed by atoms with Crippen LogP contribution in [0.3, 0.4) is 0 Å². The van der Waals surface area contributed by atoms with Gasteiger partial charge in [-0.3, -0.25) is 0 Å². The van der Waals surface area contributed by atoms with Crippen LogP contribution >= 0.6 is 0 Å². The van der Waals surface area contributed by atoms with Crippen LogP contribution in [0.4, 0.5) is 0 Å². The highest BCUT2D eigenvalue weighted by Crippen LogP contribution is 2.26. The molecule has 5 heteroatoms. The highest BCUT2D eigenvalue weighted by molar-refractivity contribution is 6.70. The van der Waals surface area contributed by atoms with Gasteiger partial charge in [-0.1, -0.05) is 0 Å². The number of benzene rings is 1. The third kappa shape index (κ3) is 3.28. The Balaban J connectivity index is 3.13. The molecule has 0 amide bonds. The number of phenolic OH excluding ortho intramolecular Hbond substituents is 1. The highest BCUT2D eigenvalue weighted by Gasteiger charge is 2.20. The molecule has 0 fully saturated rings. The maximum absolute atomic E-state index is 10.9. The summed E-state index contributed by atoms with van der Waals surface area (Å²) < 4.78 is 5.57. The minimum absolute atomic E-state index is 0.00764. The minimum atomic E-state index is -1.87. The summed E-state index contributed by atoms with van der Waals surface area (Å²) in [6.07, 6.45) is 0. The molecule has 0 spiro atoms. The number of hydrogen-bond acceptors (Lipinski definition) is 3. The summed E-state index contributed by atoms with van der Waals surface area (Å²) in [5.74, 6) is -0.807. The number of carboxylic acid groups (broad SMARTS) is 1. The normalized spacial score (nSPS) is 11.1. The predicted octanol–water partition coefficient (Wildman–Crippen LogP) is 2.30. The Morgan fingerprint density at radius 3 is 2.40 bits per heavy atom. The van der Waals surface area contributed by atoms with Gasteiger partial charge in [0.15, 0.2) is 0 Å². The highest BCUT2D eigenvalue weighted by atomic mass is 28.4. The van der Waals surface area contributed by atoms with Gasteiger partial charge < -0.3 is 14.6 Å². The average molecular weight is 226 g/mol. The molecule has 0 aliphatic heterocycles. The Hall–Kier alpha value is -1.49. The summed E-state index contributed by atoms with van der Waals surface area (Å²) in [5.41, 5.74) is 0.0789. The van der Waals surface area contributed by atoms with Gasteiger partial charge in [-0.05, 0) is 31.8 Å². The summed E-state index contributed by atoms with van der Waals surface area (Å²) >= 11 is 0. The lowest BCUT2D eigenvalue weighted by Gasteiger charge is -2.20. The fraction of sp³-hybridized carbons (Fsp3) is 0.300. The van der Waals surface area contributed by atoms with Gasteiger partial charge in [-0.2, -0.15) is 0 Å².